The molecule has 2 heterocycles. The molecule has 168 valence electrons. The fourth-order valence-electron chi connectivity index (χ4n) is 4.18. The number of carbonyl (C=O) groups is 1. The summed E-state index contributed by atoms with van der Waals surface area (Å²) in [5, 5.41) is 8.22. The van der Waals surface area contributed by atoms with Crippen LogP contribution in [-0.4, -0.2) is 37.8 Å². The van der Waals surface area contributed by atoms with Crippen molar-refractivity contribution in [3.05, 3.63) is 64.0 Å². The second-order valence-electron chi connectivity index (χ2n) is 8.47. The van der Waals surface area contributed by atoms with Crippen molar-refractivity contribution in [2.75, 3.05) is 12.3 Å². The number of rotatable bonds is 8. The summed E-state index contributed by atoms with van der Waals surface area (Å²) in [6.07, 6.45) is 9.01. The van der Waals surface area contributed by atoms with Crippen molar-refractivity contribution in [3.8, 4) is 0 Å². The molecule has 0 spiro atoms. The van der Waals surface area contributed by atoms with E-state index in [1.54, 1.807) is 4.52 Å². The lowest BCUT2D eigenvalue weighted by atomic mass is 9.97. The largest absolute Gasteiger partial charge is 0.355 e. The molecule has 0 saturated heterocycles. The monoisotopic (exact) mass is 449 g/mol. The molecular weight excluding hydrogens is 418 g/mol. The summed E-state index contributed by atoms with van der Waals surface area (Å²) in [6.45, 7) is 6.92. The predicted octanol–water partition coefficient (Wildman–Crippen LogP) is 4.74. The third-order valence-corrected chi connectivity index (χ3v) is 6.98. The second kappa shape index (κ2) is 10.3. The zero-order chi connectivity index (χ0) is 22.5. The van der Waals surface area contributed by atoms with E-state index in [0.717, 1.165) is 24.2 Å². The van der Waals surface area contributed by atoms with Crippen LogP contribution in [-0.2, 0) is 11.2 Å². The van der Waals surface area contributed by atoms with E-state index in [1.165, 1.54) is 59.7 Å². The number of nitrogens with one attached hydrogen (secondary N) is 1. The lowest BCUT2D eigenvalue weighted by Crippen LogP contribution is -2.26. The van der Waals surface area contributed by atoms with E-state index in [0.29, 0.717) is 23.2 Å². The van der Waals surface area contributed by atoms with Crippen LogP contribution in [0.1, 0.15) is 60.2 Å². The summed E-state index contributed by atoms with van der Waals surface area (Å²) in [5.74, 6) is 0.913. The fourth-order valence-corrected chi connectivity index (χ4v) is 4.83. The summed E-state index contributed by atoms with van der Waals surface area (Å²) in [5.41, 5.74) is 7.21. The van der Waals surface area contributed by atoms with E-state index in [9.17, 15) is 4.79 Å². The maximum atomic E-state index is 12.3. The lowest BCUT2D eigenvalue weighted by Gasteiger charge is -2.12. The molecule has 0 unspecified atom stereocenters. The van der Waals surface area contributed by atoms with Crippen molar-refractivity contribution in [2.24, 2.45) is 0 Å². The van der Waals surface area contributed by atoms with Crippen LogP contribution in [0.25, 0.3) is 5.78 Å². The van der Waals surface area contributed by atoms with Crippen LogP contribution in [0.2, 0.25) is 0 Å². The van der Waals surface area contributed by atoms with Gasteiger partial charge in [-0.1, -0.05) is 47.7 Å². The number of hydrogen-bond donors (Lipinski definition) is 1. The molecule has 1 amide bonds. The highest BCUT2D eigenvalue weighted by Gasteiger charge is 2.15. The molecule has 4 rings (SSSR count). The summed E-state index contributed by atoms with van der Waals surface area (Å²) in [6, 6.07) is 8.42. The molecule has 3 aromatic rings. The quantitative estimate of drug-likeness (QED) is 0.397. The summed E-state index contributed by atoms with van der Waals surface area (Å²) in [7, 11) is 0. The van der Waals surface area contributed by atoms with Crippen molar-refractivity contribution in [1.29, 1.82) is 0 Å². The number of fused-ring (bicyclic) bond motifs is 1. The first-order chi connectivity index (χ1) is 15.5. The lowest BCUT2D eigenvalue weighted by molar-refractivity contribution is -0.118. The van der Waals surface area contributed by atoms with E-state index in [4.69, 9.17) is 0 Å². The van der Waals surface area contributed by atoms with E-state index >= 15 is 0 Å². The van der Waals surface area contributed by atoms with Gasteiger partial charge in [0.2, 0.25) is 11.1 Å². The van der Waals surface area contributed by atoms with Crippen molar-refractivity contribution >= 4 is 23.4 Å². The molecule has 0 radical (unpaired) electrons. The first-order valence-electron chi connectivity index (χ1n) is 11.4. The minimum Gasteiger partial charge on any atom is -0.355 e. The Labute approximate surface area is 193 Å². The van der Waals surface area contributed by atoms with Crippen LogP contribution in [0.5, 0.6) is 0 Å². The van der Waals surface area contributed by atoms with Gasteiger partial charge in [-0.05, 0) is 69.6 Å². The number of hydrogen-bond acceptors (Lipinski definition) is 5. The number of carbonyl (C=O) groups excluding carboxylic acids is 1. The summed E-state index contributed by atoms with van der Waals surface area (Å²) < 4.78 is 1.80. The molecule has 1 aliphatic carbocycles. The summed E-state index contributed by atoms with van der Waals surface area (Å²) >= 11 is 1.36. The SMILES string of the molecule is Cc1ccccc1Cc1c(C)nc2nc(SCC(=O)NCCC3=CCCCC3)nn2c1C. The highest BCUT2D eigenvalue weighted by molar-refractivity contribution is 7.99. The molecule has 6 nitrogen and oxygen atoms in total. The van der Waals surface area contributed by atoms with Crippen LogP contribution in [0.3, 0.4) is 0 Å². The average molecular weight is 450 g/mol. The Morgan fingerprint density at radius 2 is 2.00 bits per heavy atom. The van der Waals surface area contributed by atoms with Crippen LogP contribution in [0, 0.1) is 20.8 Å². The number of thioether (sulfide) groups is 1. The maximum absolute atomic E-state index is 12.3. The maximum Gasteiger partial charge on any atom is 0.253 e. The van der Waals surface area contributed by atoms with Crippen molar-refractivity contribution in [1.82, 2.24) is 24.9 Å². The van der Waals surface area contributed by atoms with Gasteiger partial charge in [0, 0.05) is 24.4 Å². The Kier molecular flexibility index (Phi) is 7.25. The van der Waals surface area contributed by atoms with Gasteiger partial charge < -0.3 is 5.32 Å². The molecule has 0 fully saturated rings. The topological polar surface area (TPSA) is 72.2 Å². The van der Waals surface area contributed by atoms with Gasteiger partial charge >= 0.3 is 0 Å². The highest BCUT2D eigenvalue weighted by Crippen LogP contribution is 2.22. The minimum absolute atomic E-state index is 0.0198. The number of amides is 1. The molecule has 0 saturated carbocycles. The predicted molar refractivity (Wildman–Crippen MR) is 129 cm³/mol. The Morgan fingerprint density at radius 3 is 2.78 bits per heavy atom. The van der Waals surface area contributed by atoms with Crippen LogP contribution in [0.15, 0.2) is 41.1 Å². The van der Waals surface area contributed by atoms with Gasteiger partial charge in [-0.3, -0.25) is 4.79 Å². The first-order valence-corrected chi connectivity index (χ1v) is 12.3. The molecule has 1 aliphatic rings. The second-order valence-corrected chi connectivity index (χ2v) is 9.41. The number of aryl methyl sites for hydroxylation is 3. The molecule has 0 bridgehead atoms. The van der Waals surface area contributed by atoms with Gasteiger partial charge in [0.25, 0.3) is 5.78 Å². The van der Waals surface area contributed by atoms with Crippen molar-refractivity contribution in [3.63, 3.8) is 0 Å². The Morgan fingerprint density at radius 1 is 1.16 bits per heavy atom. The molecular formula is C25H31N5OS. The van der Waals surface area contributed by atoms with E-state index < -0.39 is 0 Å². The van der Waals surface area contributed by atoms with Crippen molar-refractivity contribution < 1.29 is 4.79 Å². The van der Waals surface area contributed by atoms with E-state index in [2.05, 4.69) is 64.6 Å². The van der Waals surface area contributed by atoms with Crippen LogP contribution in [0.4, 0.5) is 0 Å². The van der Waals surface area contributed by atoms with Gasteiger partial charge in [0.15, 0.2) is 0 Å². The zero-order valence-electron chi connectivity index (χ0n) is 19.1. The van der Waals surface area contributed by atoms with Gasteiger partial charge in [0.05, 0.1) is 5.75 Å². The Bertz CT molecular complexity index is 1150. The fraction of sp³-hybridized carbons (Fsp3) is 0.440. The molecule has 0 atom stereocenters. The normalized spacial score (nSPS) is 13.9. The number of nitrogens with zero attached hydrogens (tertiary/aromatic N) is 4. The first kappa shape index (κ1) is 22.5. The third kappa shape index (κ3) is 5.38. The molecule has 2 aromatic heterocycles. The zero-order valence-corrected chi connectivity index (χ0v) is 20.0. The van der Waals surface area contributed by atoms with Crippen LogP contribution >= 0.6 is 11.8 Å². The van der Waals surface area contributed by atoms with Gasteiger partial charge in [0.1, 0.15) is 0 Å². The Balaban J connectivity index is 1.39. The van der Waals surface area contributed by atoms with Gasteiger partial charge in [-0.2, -0.15) is 4.98 Å². The minimum atomic E-state index is 0.0198. The van der Waals surface area contributed by atoms with Crippen molar-refractivity contribution in [2.45, 2.75) is 64.5 Å². The summed E-state index contributed by atoms with van der Waals surface area (Å²) in [4.78, 5) is 21.5. The van der Waals surface area contributed by atoms with E-state index in [-0.39, 0.29) is 5.91 Å². The third-order valence-electron chi connectivity index (χ3n) is 6.14. The molecule has 1 aromatic carbocycles. The number of aromatic nitrogens is 4. The Hall–Kier alpha value is -2.67. The smallest absolute Gasteiger partial charge is 0.253 e. The van der Waals surface area contributed by atoms with Gasteiger partial charge in [-0.15, -0.1) is 5.10 Å². The molecule has 7 heteroatoms. The molecule has 1 N–H and O–H groups in total. The number of benzene rings is 1. The van der Waals surface area contributed by atoms with E-state index in [1.807, 2.05) is 6.92 Å². The van der Waals surface area contributed by atoms with Crippen LogP contribution < -0.4 is 5.32 Å². The molecule has 0 aliphatic heterocycles. The molecule has 32 heavy (non-hydrogen) atoms. The standard InChI is InChI=1S/C25H31N5OS/c1-17-9-7-8-12-21(17)15-22-18(2)27-24-28-25(29-30(24)19(22)3)32-16-23(31)26-14-13-20-10-5-4-6-11-20/h7-10,12H,4-6,11,13-16H2,1-3H3,(H,26,31). The average Bonchev–Trinajstić information content (AvgIpc) is 3.20. The highest BCUT2D eigenvalue weighted by atomic mass is 32.2. The number of allylic oxidation sites excluding steroid dienone is 1. The van der Waals surface area contributed by atoms with Gasteiger partial charge in [-0.25, -0.2) is 9.50 Å².